The normalized spacial score (nSPS) is 12.2. The number of benzene rings is 1. The summed E-state index contributed by atoms with van der Waals surface area (Å²) in [6, 6.07) is 4.58. The first kappa shape index (κ1) is 14.7. The second kappa shape index (κ2) is 6.19. The molecule has 5 nitrogen and oxygen atoms in total. The van der Waals surface area contributed by atoms with E-state index in [2.05, 4.69) is 10.3 Å². The summed E-state index contributed by atoms with van der Waals surface area (Å²) in [7, 11) is 0. The van der Waals surface area contributed by atoms with Gasteiger partial charge in [0.25, 0.3) is 5.91 Å². The summed E-state index contributed by atoms with van der Waals surface area (Å²) in [5.41, 5.74) is 0.663. The minimum Gasteiger partial charge on any atom is -0.464 e. The van der Waals surface area contributed by atoms with Crippen molar-refractivity contribution in [2.45, 2.75) is 19.9 Å². The zero-order valence-electron chi connectivity index (χ0n) is 11.0. The lowest BCUT2D eigenvalue weighted by molar-refractivity contribution is -0.144. The summed E-state index contributed by atoms with van der Waals surface area (Å²) >= 11 is 7.23. The van der Waals surface area contributed by atoms with Gasteiger partial charge in [0.05, 0.1) is 21.8 Å². The molecule has 0 saturated carbocycles. The molecule has 20 heavy (non-hydrogen) atoms. The van der Waals surface area contributed by atoms with Crippen molar-refractivity contribution in [1.82, 2.24) is 10.3 Å². The fourth-order valence-electron chi connectivity index (χ4n) is 1.60. The van der Waals surface area contributed by atoms with Crippen molar-refractivity contribution in [2.24, 2.45) is 0 Å². The molecule has 7 heteroatoms. The van der Waals surface area contributed by atoms with Gasteiger partial charge in [0, 0.05) is 0 Å². The summed E-state index contributed by atoms with van der Waals surface area (Å²) in [5.74, 6) is -0.886. The van der Waals surface area contributed by atoms with Gasteiger partial charge in [0.15, 0.2) is 5.01 Å². The number of thiazole rings is 1. The van der Waals surface area contributed by atoms with Gasteiger partial charge < -0.3 is 10.1 Å². The van der Waals surface area contributed by atoms with Gasteiger partial charge in [-0.05, 0) is 26.0 Å². The number of esters is 1. The van der Waals surface area contributed by atoms with Crippen LogP contribution < -0.4 is 5.32 Å². The average Bonchev–Trinajstić information content (AvgIpc) is 2.84. The number of carbonyl (C=O) groups is 2. The molecule has 1 atom stereocenters. The molecule has 1 heterocycles. The van der Waals surface area contributed by atoms with E-state index in [0.29, 0.717) is 10.5 Å². The van der Waals surface area contributed by atoms with E-state index in [1.807, 2.05) is 0 Å². The maximum atomic E-state index is 12.0. The Morgan fingerprint density at radius 1 is 1.50 bits per heavy atom. The van der Waals surface area contributed by atoms with Crippen LogP contribution in [-0.2, 0) is 9.53 Å². The predicted molar refractivity (Wildman–Crippen MR) is 78.2 cm³/mol. The van der Waals surface area contributed by atoms with Gasteiger partial charge in [-0.1, -0.05) is 17.7 Å². The van der Waals surface area contributed by atoms with Crippen molar-refractivity contribution in [1.29, 1.82) is 0 Å². The smallest absolute Gasteiger partial charge is 0.328 e. The standard InChI is InChI=1S/C13H13ClN2O3S/c1-3-19-13(18)7(2)15-11(17)12-16-9-6-4-5-8(14)10(9)20-12/h4-7H,3H2,1-2H3,(H,15,17). The highest BCUT2D eigenvalue weighted by molar-refractivity contribution is 7.20. The third-order valence-corrected chi connectivity index (χ3v) is 4.08. The highest BCUT2D eigenvalue weighted by Crippen LogP contribution is 2.28. The molecule has 2 rings (SSSR count). The molecule has 1 aromatic heterocycles. The van der Waals surface area contributed by atoms with Crippen LogP contribution >= 0.6 is 22.9 Å². The van der Waals surface area contributed by atoms with Gasteiger partial charge in [-0.15, -0.1) is 11.3 Å². The molecule has 1 unspecified atom stereocenters. The largest absolute Gasteiger partial charge is 0.464 e. The van der Waals surface area contributed by atoms with E-state index in [9.17, 15) is 9.59 Å². The third-order valence-electron chi connectivity index (χ3n) is 2.55. The third kappa shape index (κ3) is 3.08. The average molecular weight is 313 g/mol. The van der Waals surface area contributed by atoms with Crippen LogP contribution in [0.25, 0.3) is 10.2 Å². The molecule has 0 aliphatic carbocycles. The van der Waals surface area contributed by atoms with Gasteiger partial charge in [-0.25, -0.2) is 9.78 Å². The van der Waals surface area contributed by atoms with Crippen LogP contribution in [0, 0.1) is 0 Å². The number of amides is 1. The zero-order chi connectivity index (χ0) is 14.7. The first-order valence-electron chi connectivity index (χ1n) is 6.05. The van der Waals surface area contributed by atoms with E-state index in [4.69, 9.17) is 16.3 Å². The topological polar surface area (TPSA) is 68.3 Å². The first-order valence-corrected chi connectivity index (χ1v) is 7.25. The fourth-order valence-corrected chi connectivity index (χ4v) is 2.76. The molecule has 0 spiro atoms. The number of aromatic nitrogens is 1. The van der Waals surface area contributed by atoms with E-state index in [-0.39, 0.29) is 11.6 Å². The lowest BCUT2D eigenvalue weighted by Gasteiger charge is -2.11. The first-order chi connectivity index (χ1) is 9.52. The van der Waals surface area contributed by atoms with Crippen LogP contribution in [0.3, 0.4) is 0 Å². The van der Waals surface area contributed by atoms with Gasteiger partial charge in [0.2, 0.25) is 0 Å². The lowest BCUT2D eigenvalue weighted by atomic mass is 10.3. The predicted octanol–water partition coefficient (Wildman–Crippen LogP) is 2.63. The highest BCUT2D eigenvalue weighted by Gasteiger charge is 2.20. The van der Waals surface area contributed by atoms with Crippen molar-refractivity contribution >= 4 is 45.0 Å². The zero-order valence-corrected chi connectivity index (χ0v) is 12.5. The van der Waals surface area contributed by atoms with Crippen molar-refractivity contribution in [3.63, 3.8) is 0 Å². The van der Waals surface area contributed by atoms with E-state index < -0.39 is 17.9 Å². The van der Waals surface area contributed by atoms with Gasteiger partial charge in [-0.3, -0.25) is 4.79 Å². The highest BCUT2D eigenvalue weighted by atomic mass is 35.5. The number of nitrogens with one attached hydrogen (secondary N) is 1. The van der Waals surface area contributed by atoms with Crippen LogP contribution in [-0.4, -0.2) is 29.5 Å². The second-order valence-electron chi connectivity index (χ2n) is 4.05. The van der Waals surface area contributed by atoms with E-state index >= 15 is 0 Å². The number of carbonyl (C=O) groups excluding carboxylic acids is 2. The summed E-state index contributed by atoms with van der Waals surface area (Å²) < 4.78 is 5.58. The molecule has 1 aromatic carbocycles. The molecule has 0 radical (unpaired) electrons. The molecule has 0 aliphatic rings. The van der Waals surface area contributed by atoms with Crippen LogP contribution in [0.1, 0.15) is 23.6 Å². The Bertz CT molecular complexity index is 656. The molecular weight excluding hydrogens is 300 g/mol. The van der Waals surface area contributed by atoms with Crippen LogP contribution in [0.2, 0.25) is 5.02 Å². The number of ether oxygens (including phenoxy) is 1. The SMILES string of the molecule is CCOC(=O)C(C)NC(=O)c1nc2cccc(Cl)c2s1. The molecule has 1 N–H and O–H groups in total. The number of hydrogen-bond acceptors (Lipinski definition) is 5. The number of rotatable bonds is 4. The van der Waals surface area contributed by atoms with Crippen molar-refractivity contribution < 1.29 is 14.3 Å². The van der Waals surface area contributed by atoms with E-state index in [1.54, 1.807) is 32.0 Å². The summed E-state index contributed by atoms with van der Waals surface area (Å²) in [4.78, 5) is 27.7. The fraction of sp³-hybridized carbons (Fsp3) is 0.308. The maximum absolute atomic E-state index is 12.0. The Morgan fingerprint density at radius 2 is 2.25 bits per heavy atom. The molecule has 106 valence electrons. The van der Waals surface area contributed by atoms with Crippen molar-refractivity contribution in [3.05, 3.63) is 28.2 Å². The Hall–Kier alpha value is -1.66. The molecular formula is C13H13ClN2O3S. The van der Waals surface area contributed by atoms with Crippen LogP contribution in [0.5, 0.6) is 0 Å². The summed E-state index contributed by atoms with van der Waals surface area (Å²) in [6.07, 6.45) is 0. The van der Waals surface area contributed by atoms with Crippen molar-refractivity contribution in [2.75, 3.05) is 6.61 Å². The minimum absolute atomic E-state index is 0.268. The van der Waals surface area contributed by atoms with Crippen LogP contribution in [0.4, 0.5) is 0 Å². The molecule has 0 saturated heterocycles. The minimum atomic E-state index is -0.718. The molecule has 0 aliphatic heterocycles. The van der Waals surface area contributed by atoms with E-state index in [0.717, 1.165) is 4.70 Å². The Labute approximate surface area is 124 Å². The molecule has 1 amide bonds. The Morgan fingerprint density at radius 3 is 2.90 bits per heavy atom. The Kier molecular flexibility index (Phi) is 4.57. The van der Waals surface area contributed by atoms with E-state index in [1.165, 1.54) is 11.3 Å². The number of hydrogen-bond donors (Lipinski definition) is 1. The maximum Gasteiger partial charge on any atom is 0.328 e. The quantitative estimate of drug-likeness (QED) is 0.881. The number of nitrogens with zero attached hydrogens (tertiary/aromatic N) is 1. The number of halogens is 1. The van der Waals surface area contributed by atoms with Crippen LogP contribution in [0.15, 0.2) is 18.2 Å². The van der Waals surface area contributed by atoms with Crippen molar-refractivity contribution in [3.8, 4) is 0 Å². The number of fused-ring (bicyclic) bond motifs is 1. The molecule has 0 bridgehead atoms. The molecule has 2 aromatic rings. The Balaban J connectivity index is 2.15. The monoisotopic (exact) mass is 312 g/mol. The lowest BCUT2D eigenvalue weighted by Crippen LogP contribution is -2.39. The van der Waals surface area contributed by atoms with Gasteiger partial charge >= 0.3 is 5.97 Å². The van der Waals surface area contributed by atoms with Gasteiger partial charge in [0.1, 0.15) is 6.04 Å². The second-order valence-corrected chi connectivity index (χ2v) is 5.46. The molecule has 0 fully saturated rings. The summed E-state index contributed by atoms with van der Waals surface area (Å²) in [6.45, 7) is 3.55. The summed E-state index contributed by atoms with van der Waals surface area (Å²) in [5, 5.41) is 3.37. The van der Waals surface area contributed by atoms with Gasteiger partial charge in [-0.2, -0.15) is 0 Å².